The van der Waals surface area contributed by atoms with Gasteiger partial charge in [-0.25, -0.2) is 4.79 Å². The molecule has 0 spiro atoms. The first-order valence-electron chi connectivity index (χ1n) is 11.5. The Morgan fingerprint density at radius 1 is 1.00 bits per heavy atom. The lowest BCUT2D eigenvalue weighted by molar-refractivity contribution is 0.0399. The van der Waals surface area contributed by atoms with Gasteiger partial charge in [-0.15, -0.1) is 0 Å². The number of morpholine rings is 1. The van der Waals surface area contributed by atoms with Crippen LogP contribution in [0.5, 0.6) is 11.5 Å². The van der Waals surface area contributed by atoms with E-state index in [9.17, 15) is 9.59 Å². The summed E-state index contributed by atoms with van der Waals surface area (Å²) in [7, 11) is 3.19. The van der Waals surface area contributed by atoms with E-state index in [1.807, 2.05) is 48.2 Å². The van der Waals surface area contributed by atoms with E-state index in [2.05, 4.69) is 4.98 Å². The predicted octanol–water partition coefficient (Wildman–Crippen LogP) is 3.25. The van der Waals surface area contributed by atoms with Crippen LogP contribution < -0.4 is 15.0 Å². The molecule has 1 fully saturated rings. The van der Waals surface area contributed by atoms with Crippen LogP contribution in [-0.2, 0) is 11.2 Å². The number of hydrogen-bond donors (Lipinski definition) is 1. The van der Waals surface area contributed by atoms with E-state index in [0.717, 1.165) is 27.6 Å². The summed E-state index contributed by atoms with van der Waals surface area (Å²) in [5, 5.41) is 0.923. The van der Waals surface area contributed by atoms with Crippen molar-refractivity contribution in [2.75, 3.05) is 47.1 Å². The van der Waals surface area contributed by atoms with Gasteiger partial charge in [-0.2, -0.15) is 0 Å². The Labute approximate surface area is 198 Å². The number of methoxy groups -OCH3 is 2. The number of nitrogens with zero attached hydrogens (tertiary/aromatic N) is 2. The molecule has 3 heterocycles. The number of carbonyl (C=O) groups excluding carboxylic acids is 1. The molecule has 0 saturated carbocycles. The molecule has 2 aliphatic rings. The van der Waals surface area contributed by atoms with Gasteiger partial charge in [0.25, 0.3) is 5.56 Å². The maximum absolute atomic E-state index is 13.7. The number of hydrogen-bond acceptors (Lipinski definition) is 5. The van der Waals surface area contributed by atoms with Gasteiger partial charge in [0.15, 0.2) is 11.5 Å². The normalized spacial score (nSPS) is 18.0. The Bertz CT molecular complexity index is 1300. The molecule has 8 heteroatoms. The van der Waals surface area contributed by atoms with Gasteiger partial charge < -0.3 is 29.0 Å². The number of urea groups is 1. The molecule has 0 radical (unpaired) electrons. The molecule has 0 bridgehead atoms. The zero-order chi connectivity index (χ0) is 23.8. The molecule has 5 rings (SSSR count). The minimum atomic E-state index is -0.548. The number of H-pyrrole nitrogens is 1. The van der Waals surface area contributed by atoms with Crippen molar-refractivity contribution in [3.8, 4) is 11.5 Å². The summed E-state index contributed by atoms with van der Waals surface area (Å²) in [6.07, 6.45) is 0.660. The number of fused-ring (bicyclic) bond motifs is 2. The highest BCUT2D eigenvalue weighted by molar-refractivity contribution is 5.81. The van der Waals surface area contributed by atoms with Crippen molar-refractivity contribution in [1.29, 1.82) is 0 Å². The van der Waals surface area contributed by atoms with Gasteiger partial charge >= 0.3 is 6.03 Å². The van der Waals surface area contributed by atoms with Gasteiger partial charge in [0.1, 0.15) is 0 Å². The maximum Gasteiger partial charge on any atom is 0.320 e. The van der Waals surface area contributed by atoms with E-state index < -0.39 is 6.04 Å². The number of nitrogens with one attached hydrogen (secondary N) is 1. The van der Waals surface area contributed by atoms with Crippen LogP contribution in [0.1, 0.15) is 28.3 Å². The Morgan fingerprint density at radius 2 is 1.74 bits per heavy atom. The van der Waals surface area contributed by atoms with Crippen molar-refractivity contribution in [3.63, 3.8) is 0 Å². The first kappa shape index (κ1) is 22.3. The number of amides is 2. The van der Waals surface area contributed by atoms with Crippen LogP contribution in [0.25, 0.3) is 10.9 Å². The van der Waals surface area contributed by atoms with Gasteiger partial charge in [-0.05, 0) is 59.7 Å². The zero-order valence-electron chi connectivity index (χ0n) is 19.7. The van der Waals surface area contributed by atoms with Crippen molar-refractivity contribution in [1.82, 2.24) is 14.8 Å². The number of aryl methyl sites for hydroxylation is 1. The first-order valence-corrected chi connectivity index (χ1v) is 11.5. The predicted molar refractivity (Wildman–Crippen MR) is 129 cm³/mol. The summed E-state index contributed by atoms with van der Waals surface area (Å²) in [6, 6.07) is 11.1. The van der Waals surface area contributed by atoms with Gasteiger partial charge in [0, 0.05) is 30.7 Å². The number of pyridine rings is 1. The fourth-order valence-corrected chi connectivity index (χ4v) is 4.96. The van der Waals surface area contributed by atoms with Crippen LogP contribution in [0.4, 0.5) is 4.79 Å². The van der Waals surface area contributed by atoms with Crippen LogP contribution in [0.2, 0.25) is 0 Å². The highest BCUT2D eigenvalue weighted by Gasteiger charge is 2.37. The maximum atomic E-state index is 13.7. The fourth-order valence-electron chi connectivity index (χ4n) is 4.96. The monoisotopic (exact) mass is 463 g/mol. The van der Waals surface area contributed by atoms with Gasteiger partial charge in [-0.1, -0.05) is 12.1 Å². The summed E-state index contributed by atoms with van der Waals surface area (Å²) in [5.74, 6) is 1.20. The number of rotatable bonds is 3. The Hall–Kier alpha value is -3.52. The van der Waals surface area contributed by atoms with Crippen molar-refractivity contribution < 1.29 is 19.0 Å². The fraction of sp³-hybridized carbons (Fsp3) is 0.385. The second kappa shape index (κ2) is 9.02. The standard InChI is InChI=1S/C26H29N3O5/c1-16-4-5-18-13-20(25(30)27-21(18)12-16)24-19-15-23(33-3)22(32-2)14-17(19)6-7-29(24)26(31)28-8-10-34-11-9-28/h4-5,12-15,24H,6-11H2,1-3H3,(H,27,30)/t24-/m0/s1. The average Bonchev–Trinajstić information content (AvgIpc) is 2.87. The lowest BCUT2D eigenvalue weighted by atomic mass is 9.87. The summed E-state index contributed by atoms with van der Waals surface area (Å²) in [5.41, 5.74) is 4.10. The molecule has 178 valence electrons. The van der Waals surface area contributed by atoms with Crippen LogP contribution in [0.15, 0.2) is 41.2 Å². The zero-order valence-corrected chi connectivity index (χ0v) is 19.7. The van der Waals surface area contributed by atoms with E-state index in [0.29, 0.717) is 56.3 Å². The molecule has 0 aliphatic carbocycles. The molecule has 1 saturated heterocycles. The minimum absolute atomic E-state index is 0.0860. The van der Waals surface area contributed by atoms with Crippen LogP contribution in [0.3, 0.4) is 0 Å². The second-order valence-corrected chi connectivity index (χ2v) is 8.78. The Morgan fingerprint density at radius 3 is 2.47 bits per heavy atom. The molecule has 34 heavy (non-hydrogen) atoms. The van der Waals surface area contributed by atoms with Gasteiger partial charge in [0.05, 0.1) is 33.5 Å². The molecule has 8 nitrogen and oxygen atoms in total. The van der Waals surface area contributed by atoms with E-state index >= 15 is 0 Å². The summed E-state index contributed by atoms with van der Waals surface area (Å²) in [6.45, 7) is 4.59. The average molecular weight is 464 g/mol. The lowest BCUT2D eigenvalue weighted by Gasteiger charge is -2.41. The van der Waals surface area contributed by atoms with Crippen molar-refractivity contribution in [3.05, 3.63) is 69.0 Å². The van der Waals surface area contributed by atoms with Crippen LogP contribution in [0, 0.1) is 6.92 Å². The van der Waals surface area contributed by atoms with Crippen LogP contribution in [-0.4, -0.2) is 67.9 Å². The Balaban J connectivity index is 1.68. The van der Waals surface area contributed by atoms with Crippen molar-refractivity contribution in [2.24, 2.45) is 0 Å². The van der Waals surface area contributed by atoms with E-state index in [4.69, 9.17) is 14.2 Å². The van der Waals surface area contributed by atoms with Crippen LogP contribution >= 0.6 is 0 Å². The van der Waals surface area contributed by atoms with Gasteiger partial charge in [0.2, 0.25) is 0 Å². The number of aromatic amines is 1. The number of carbonyl (C=O) groups is 1. The van der Waals surface area contributed by atoms with E-state index in [1.54, 1.807) is 19.1 Å². The smallest absolute Gasteiger partial charge is 0.320 e. The number of aromatic nitrogens is 1. The van der Waals surface area contributed by atoms with Crippen molar-refractivity contribution in [2.45, 2.75) is 19.4 Å². The summed E-state index contributed by atoms with van der Waals surface area (Å²) in [4.78, 5) is 33.7. The molecule has 2 amide bonds. The molecule has 0 unspecified atom stereocenters. The number of ether oxygens (including phenoxy) is 3. The largest absolute Gasteiger partial charge is 0.493 e. The number of benzene rings is 2. The molecule has 1 aromatic heterocycles. The third-order valence-electron chi connectivity index (χ3n) is 6.73. The molecular weight excluding hydrogens is 434 g/mol. The third-order valence-corrected chi connectivity index (χ3v) is 6.73. The highest BCUT2D eigenvalue weighted by Crippen LogP contribution is 2.41. The van der Waals surface area contributed by atoms with E-state index in [1.165, 1.54) is 0 Å². The van der Waals surface area contributed by atoms with Crippen molar-refractivity contribution >= 4 is 16.9 Å². The molecule has 3 aromatic rings. The molecule has 2 aromatic carbocycles. The topological polar surface area (TPSA) is 84.1 Å². The molecule has 1 atom stereocenters. The third kappa shape index (κ3) is 3.88. The molecular formula is C26H29N3O5. The van der Waals surface area contributed by atoms with E-state index in [-0.39, 0.29) is 11.6 Å². The summed E-state index contributed by atoms with van der Waals surface area (Å²) >= 11 is 0. The first-order chi connectivity index (χ1) is 16.5. The molecule has 2 aliphatic heterocycles. The lowest BCUT2D eigenvalue weighted by Crippen LogP contribution is -2.52. The van der Waals surface area contributed by atoms with Gasteiger partial charge in [-0.3, -0.25) is 4.79 Å². The highest BCUT2D eigenvalue weighted by atomic mass is 16.5. The SMILES string of the molecule is COc1cc2c(cc1OC)[C@@H](c1cc3ccc(C)cc3[nH]c1=O)N(C(=O)N1CCOCC1)CC2. The second-order valence-electron chi connectivity index (χ2n) is 8.78. The summed E-state index contributed by atoms with van der Waals surface area (Å²) < 4.78 is 16.5. The Kier molecular flexibility index (Phi) is 5.91. The minimum Gasteiger partial charge on any atom is -0.493 e. The molecule has 1 N–H and O–H groups in total. The quantitative estimate of drug-likeness (QED) is 0.645.